The number of methoxy groups -OCH3 is 1. The van der Waals surface area contributed by atoms with Crippen LogP contribution in [-0.4, -0.2) is 57.8 Å². The Morgan fingerprint density at radius 2 is 2.03 bits per heavy atom. The highest BCUT2D eigenvalue weighted by atomic mass is 35.5. The maximum Gasteiger partial charge on any atom is 0.306 e. The average molecular weight is 511 g/mol. The summed E-state index contributed by atoms with van der Waals surface area (Å²) in [5.41, 5.74) is 3.16. The number of carbonyl (C=O) groups is 2. The van der Waals surface area contributed by atoms with Crippen LogP contribution in [0.5, 0.6) is 5.75 Å². The first-order valence-corrected chi connectivity index (χ1v) is 12.1. The van der Waals surface area contributed by atoms with E-state index >= 15 is 0 Å². The van der Waals surface area contributed by atoms with Crippen molar-refractivity contribution >= 4 is 23.4 Å². The monoisotopic (exact) mass is 510 g/mol. The van der Waals surface area contributed by atoms with Crippen molar-refractivity contribution in [3.05, 3.63) is 83.0 Å². The largest absolute Gasteiger partial charge is 0.496 e. The SMILES string of the molecule is COc1ccccc1-c1ccc(CNC(=O)C(O)[C@@H]([OH2+])C(=O)N2CCCC2c2cccc(Cl)c2)cn1. The maximum absolute atomic E-state index is 13.0. The highest BCUT2D eigenvalue weighted by molar-refractivity contribution is 6.30. The third kappa shape index (κ3) is 5.67. The molecule has 2 aromatic carbocycles. The molecule has 4 rings (SSSR count). The summed E-state index contributed by atoms with van der Waals surface area (Å²) in [7, 11) is 1.60. The van der Waals surface area contributed by atoms with Crippen LogP contribution in [0.25, 0.3) is 11.3 Å². The molecule has 0 aliphatic carbocycles. The van der Waals surface area contributed by atoms with Crippen molar-refractivity contribution in [1.29, 1.82) is 0 Å². The summed E-state index contributed by atoms with van der Waals surface area (Å²) in [6.45, 7) is 0.564. The number of hydrogen-bond donors (Lipinski definition) is 2. The van der Waals surface area contributed by atoms with E-state index in [2.05, 4.69) is 10.3 Å². The van der Waals surface area contributed by atoms with Crippen LogP contribution >= 0.6 is 11.6 Å². The number of pyridine rings is 1. The van der Waals surface area contributed by atoms with Gasteiger partial charge in [0.2, 0.25) is 6.10 Å². The van der Waals surface area contributed by atoms with Crippen molar-refractivity contribution in [2.45, 2.75) is 37.6 Å². The van der Waals surface area contributed by atoms with Crippen molar-refractivity contribution in [3.8, 4) is 17.0 Å². The summed E-state index contributed by atoms with van der Waals surface area (Å²) in [6, 6.07) is 18.2. The summed E-state index contributed by atoms with van der Waals surface area (Å²) in [6.07, 6.45) is -0.290. The molecule has 0 saturated carbocycles. The zero-order chi connectivity index (χ0) is 25.7. The van der Waals surface area contributed by atoms with E-state index in [1.807, 2.05) is 48.5 Å². The van der Waals surface area contributed by atoms with E-state index in [1.54, 1.807) is 30.3 Å². The first-order valence-electron chi connectivity index (χ1n) is 11.7. The van der Waals surface area contributed by atoms with Crippen LogP contribution in [0.3, 0.4) is 0 Å². The zero-order valence-corrected chi connectivity index (χ0v) is 20.6. The topological polar surface area (TPSA) is 115 Å². The lowest BCUT2D eigenvalue weighted by atomic mass is 10.0. The van der Waals surface area contributed by atoms with Crippen molar-refractivity contribution in [1.82, 2.24) is 15.2 Å². The van der Waals surface area contributed by atoms with Crippen LogP contribution in [-0.2, 0) is 16.1 Å². The van der Waals surface area contributed by atoms with E-state index in [9.17, 15) is 14.7 Å². The number of halogens is 1. The van der Waals surface area contributed by atoms with E-state index in [0.29, 0.717) is 22.9 Å². The molecule has 0 bridgehead atoms. The van der Waals surface area contributed by atoms with Crippen molar-refractivity contribution in [2.24, 2.45) is 0 Å². The van der Waals surface area contributed by atoms with Crippen molar-refractivity contribution < 1.29 is 24.5 Å². The molecule has 36 heavy (non-hydrogen) atoms. The van der Waals surface area contributed by atoms with Gasteiger partial charge in [-0.15, -0.1) is 0 Å². The van der Waals surface area contributed by atoms with Gasteiger partial charge in [-0.2, -0.15) is 0 Å². The molecule has 1 aliphatic rings. The van der Waals surface area contributed by atoms with Gasteiger partial charge < -0.3 is 25.2 Å². The lowest BCUT2D eigenvalue weighted by Gasteiger charge is -2.27. The summed E-state index contributed by atoms with van der Waals surface area (Å²) in [4.78, 5) is 31.5. The minimum Gasteiger partial charge on any atom is -0.496 e. The number of aliphatic hydroxyl groups is 1. The number of para-hydroxylation sites is 1. The van der Waals surface area contributed by atoms with Crippen LogP contribution < -0.4 is 10.1 Å². The van der Waals surface area contributed by atoms with Gasteiger partial charge >= 0.3 is 5.91 Å². The number of aromatic nitrogens is 1. The molecule has 3 atom stereocenters. The second-order valence-corrected chi connectivity index (χ2v) is 9.07. The summed E-state index contributed by atoms with van der Waals surface area (Å²) in [5.74, 6) is -0.658. The zero-order valence-electron chi connectivity index (χ0n) is 19.9. The fourth-order valence-corrected chi connectivity index (χ4v) is 4.59. The average Bonchev–Trinajstić information content (AvgIpc) is 3.41. The van der Waals surface area contributed by atoms with Crippen LogP contribution in [0.15, 0.2) is 66.9 Å². The molecule has 1 aliphatic heterocycles. The smallest absolute Gasteiger partial charge is 0.306 e. The third-order valence-corrected chi connectivity index (χ3v) is 6.53. The number of nitrogens with one attached hydrogen (secondary N) is 1. The Morgan fingerprint density at radius 1 is 1.22 bits per heavy atom. The van der Waals surface area contributed by atoms with Crippen LogP contribution in [0.2, 0.25) is 5.02 Å². The van der Waals surface area contributed by atoms with E-state index < -0.39 is 24.0 Å². The van der Waals surface area contributed by atoms with Crippen LogP contribution in [0, 0.1) is 0 Å². The third-order valence-electron chi connectivity index (χ3n) is 6.29. The predicted octanol–water partition coefficient (Wildman–Crippen LogP) is 2.84. The summed E-state index contributed by atoms with van der Waals surface area (Å²) < 4.78 is 5.37. The van der Waals surface area contributed by atoms with Crippen LogP contribution in [0.1, 0.15) is 30.0 Å². The molecular weight excluding hydrogens is 482 g/mol. The van der Waals surface area contributed by atoms with Gasteiger partial charge in [0.05, 0.1) is 18.8 Å². The lowest BCUT2D eigenvalue weighted by molar-refractivity contribution is -0.153. The quantitative estimate of drug-likeness (QED) is 0.452. The van der Waals surface area contributed by atoms with Gasteiger partial charge in [-0.05, 0) is 54.3 Å². The molecule has 8 nitrogen and oxygen atoms in total. The van der Waals surface area contributed by atoms with Gasteiger partial charge in [0.15, 0.2) is 0 Å². The maximum atomic E-state index is 13.0. The molecule has 2 heterocycles. The molecule has 188 valence electrons. The van der Waals surface area contributed by atoms with E-state index in [-0.39, 0.29) is 12.6 Å². The minimum atomic E-state index is -1.79. The van der Waals surface area contributed by atoms with Gasteiger partial charge in [0, 0.05) is 29.9 Å². The highest BCUT2D eigenvalue weighted by Crippen LogP contribution is 2.33. The van der Waals surface area contributed by atoms with E-state index in [0.717, 1.165) is 29.7 Å². The molecule has 9 heteroatoms. The summed E-state index contributed by atoms with van der Waals surface area (Å²) >= 11 is 6.10. The van der Waals surface area contributed by atoms with E-state index in [4.69, 9.17) is 21.4 Å². The van der Waals surface area contributed by atoms with Gasteiger partial charge in [-0.25, -0.2) is 0 Å². The van der Waals surface area contributed by atoms with Gasteiger partial charge in [0.1, 0.15) is 5.75 Å². The highest BCUT2D eigenvalue weighted by Gasteiger charge is 2.41. The van der Waals surface area contributed by atoms with Crippen molar-refractivity contribution in [2.75, 3.05) is 13.7 Å². The number of hydrogen-bond acceptors (Lipinski definition) is 5. The Balaban J connectivity index is 1.35. The second-order valence-electron chi connectivity index (χ2n) is 8.64. The minimum absolute atomic E-state index is 0.102. The Kier molecular flexibility index (Phi) is 8.20. The Bertz CT molecular complexity index is 1220. The van der Waals surface area contributed by atoms with Crippen LogP contribution in [0.4, 0.5) is 0 Å². The second kappa shape index (κ2) is 11.5. The van der Waals surface area contributed by atoms with Gasteiger partial charge in [-0.1, -0.05) is 41.9 Å². The van der Waals surface area contributed by atoms with Gasteiger partial charge in [0.25, 0.3) is 12.0 Å². The predicted molar refractivity (Wildman–Crippen MR) is 137 cm³/mol. The molecule has 0 spiro atoms. The fourth-order valence-electron chi connectivity index (χ4n) is 4.39. The Labute approximate surface area is 214 Å². The number of aliphatic hydroxyl groups excluding tert-OH is 1. The first-order chi connectivity index (χ1) is 17.4. The Morgan fingerprint density at radius 3 is 2.75 bits per heavy atom. The van der Waals surface area contributed by atoms with Gasteiger partial charge in [-0.3, -0.25) is 14.6 Å². The van der Waals surface area contributed by atoms with E-state index in [1.165, 1.54) is 0 Å². The molecule has 2 unspecified atom stereocenters. The number of amides is 2. The number of rotatable bonds is 8. The number of nitrogens with zero attached hydrogens (tertiary/aromatic N) is 2. The molecule has 2 amide bonds. The lowest BCUT2D eigenvalue weighted by Crippen LogP contribution is -2.50. The Hall–Kier alpha value is -3.46. The molecule has 1 saturated heterocycles. The number of benzene rings is 2. The molecule has 1 fully saturated rings. The fraction of sp³-hybridized carbons (Fsp3) is 0.296. The molecule has 1 aromatic heterocycles. The molecular formula is C27H29ClN3O5+. The first kappa shape index (κ1) is 25.6. The van der Waals surface area contributed by atoms with Crippen molar-refractivity contribution in [3.63, 3.8) is 0 Å². The molecule has 3 aromatic rings. The number of ether oxygens (including phenoxy) is 1. The summed E-state index contributed by atoms with van der Waals surface area (Å²) in [5, 5.41) is 21.9. The number of likely N-dealkylation sites (tertiary alicyclic amines) is 1. The molecule has 0 radical (unpaired) electrons. The molecule has 4 N–H and O–H groups in total. The number of carbonyl (C=O) groups excluding carboxylic acids is 2. The normalized spacial score (nSPS) is 16.9. The standard InChI is InChI=1S/C27H28ClN3O5/c1-36-23-10-3-2-8-20(23)21-12-11-17(15-29-21)16-30-26(34)24(32)25(33)27(35)31-13-5-9-22(31)18-6-4-7-19(28)14-18/h2-4,6-8,10-12,14-15,22,24-25,32-33H,5,9,13,16H2,1H3,(H,30,34)/p+1/t22?,24?,25-/m1/s1.